The van der Waals surface area contributed by atoms with Crippen LogP contribution in [0.3, 0.4) is 0 Å². The zero-order valence-corrected chi connectivity index (χ0v) is 13.4. The van der Waals surface area contributed by atoms with Gasteiger partial charge in [-0.1, -0.05) is 32.6 Å². The van der Waals surface area contributed by atoms with Gasteiger partial charge in [-0.05, 0) is 69.5 Å². The van der Waals surface area contributed by atoms with Crippen molar-refractivity contribution in [2.24, 2.45) is 17.8 Å². The van der Waals surface area contributed by atoms with Crippen LogP contribution in [-0.2, 0) is 0 Å². The van der Waals surface area contributed by atoms with Gasteiger partial charge in [0.25, 0.3) is 0 Å². The molecule has 3 aliphatic rings. The van der Waals surface area contributed by atoms with Crippen molar-refractivity contribution in [2.45, 2.75) is 70.8 Å². The molecule has 20 heavy (non-hydrogen) atoms. The molecule has 2 nitrogen and oxygen atoms in total. The molecule has 4 unspecified atom stereocenters. The third-order valence-electron chi connectivity index (χ3n) is 6.06. The Bertz CT molecular complexity index is 285. The third kappa shape index (κ3) is 3.98. The molecule has 2 heteroatoms. The summed E-state index contributed by atoms with van der Waals surface area (Å²) in [5.74, 6) is 2.96. The highest BCUT2D eigenvalue weighted by Crippen LogP contribution is 2.40. The first-order valence-electron chi connectivity index (χ1n) is 9.27. The summed E-state index contributed by atoms with van der Waals surface area (Å²) in [6.45, 7) is 7.66. The fourth-order valence-corrected chi connectivity index (χ4v) is 4.90. The van der Waals surface area contributed by atoms with Crippen LogP contribution in [0.5, 0.6) is 0 Å². The summed E-state index contributed by atoms with van der Waals surface area (Å²) in [6, 6.07) is 0.829. The van der Waals surface area contributed by atoms with Crippen LogP contribution in [0.1, 0.15) is 64.7 Å². The maximum Gasteiger partial charge on any atom is 0.00700 e. The molecule has 2 aliphatic carbocycles. The van der Waals surface area contributed by atoms with E-state index in [1.54, 1.807) is 0 Å². The Morgan fingerprint density at radius 2 is 1.70 bits per heavy atom. The second-order valence-electron chi connectivity index (χ2n) is 7.84. The van der Waals surface area contributed by atoms with E-state index in [1.165, 1.54) is 84.0 Å². The Kier molecular flexibility index (Phi) is 5.39. The van der Waals surface area contributed by atoms with Crippen molar-refractivity contribution in [3.63, 3.8) is 0 Å². The van der Waals surface area contributed by atoms with Crippen LogP contribution in [0, 0.1) is 17.8 Å². The Labute approximate surface area is 125 Å². The van der Waals surface area contributed by atoms with E-state index in [9.17, 15) is 0 Å². The highest BCUT2D eigenvalue weighted by Gasteiger charge is 2.31. The lowest BCUT2D eigenvalue weighted by atomic mass is 9.69. The quantitative estimate of drug-likeness (QED) is 0.825. The third-order valence-corrected chi connectivity index (χ3v) is 6.06. The molecule has 116 valence electrons. The maximum absolute atomic E-state index is 3.90. The minimum Gasteiger partial charge on any atom is -0.314 e. The number of likely N-dealkylation sites (tertiary alicyclic amines) is 1. The van der Waals surface area contributed by atoms with Gasteiger partial charge >= 0.3 is 0 Å². The van der Waals surface area contributed by atoms with E-state index in [2.05, 4.69) is 17.1 Å². The molecule has 0 radical (unpaired) electrons. The number of nitrogens with one attached hydrogen (secondary N) is 1. The second-order valence-corrected chi connectivity index (χ2v) is 7.84. The minimum atomic E-state index is 0.817. The molecule has 3 rings (SSSR count). The maximum atomic E-state index is 3.90. The fraction of sp³-hybridized carbons (Fsp3) is 1.00. The number of hydrogen-bond acceptors (Lipinski definition) is 2. The Morgan fingerprint density at radius 1 is 0.950 bits per heavy atom. The van der Waals surface area contributed by atoms with Crippen molar-refractivity contribution < 1.29 is 0 Å². The van der Waals surface area contributed by atoms with Crippen LogP contribution in [0.15, 0.2) is 0 Å². The Hall–Kier alpha value is -0.0800. The van der Waals surface area contributed by atoms with Gasteiger partial charge < -0.3 is 10.2 Å². The number of nitrogens with zero attached hydrogens (tertiary/aromatic N) is 1. The SMILES string of the molecule is CC(CNC1CCC2CCCCC2C1)CN1CCCC1. The Morgan fingerprint density at radius 3 is 2.50 bits per heavy atom. The fourth-order valence-electron chi connectivity index (χ4n) is 4.90. The first-order chi connectivity index (χ1) is 9.81. The zero-order chi connectivity index (χ0) is 13.8. The van der Waals surface area contributed by atoms with Crippen LogP contribution in [0.2, 0.25) is 0 Å². The number of hydrogen-bond donors (Lipinski definition) is 1. The summed E-state index contributed by atoms with van der Waals surface area (Å²) in [5.41, 5.74) is 0. The first-order valence-corrected chi connectivity index (χ1v) is 9.27. The molecule has 4 atom stereocenters. The van der Waals surface area contributed by atoms with Gasteiger partial charge in [0.2, 0.25) is 0 Å². The predicted octanol–water partition coefficient (Wildman–Crippen LogP) is 3.67. The van der Waals surface area contributed by atoms with Crippen LogP contribution < -0.4 is 5.32 Å². The van der Waals surface area contributed by atoms with Gasteiger partial charge in [-0.15, -0.1) is 0 Å². The van der Waals surface area contributed by atoms with Crippen LogP contribution >= 0.6 is 0 Å². The van der Waals surface area contributed by atoms with Crippen molar-refractivity contribution >= 4 is 0 Å². The smallest absolute Gasteiger partial charge is 0.00700 e. The molecule has 0 aromatic heterocycles. The van der Waals surface area contributed by atoms with E-state index < -0.39 is 0 Å². The summed E-state index contributed by atoms with van der Waals surface area (Å²) in [5, 5.41) is 3.90. The molecule has 0 aromatic rings. The predicted molar refractivity (Wildman–Crippen MR) is 85.9 cm³/mol. The zero-order valence-electron chi connectivity index (χ0n) is 13.4. The van der Waals surface area contributed by atoms with E-state index in [0.717, 1.165) is 23.8 Å². The van der Waals surface area contributed by atoms with Gasteiger partial charge in [-0.25, -0.2) is 0 Å². The summed E-state index contributed by atoms with van der Waals surface area (Å²) < 4.78 is 0. The van der Waals surface area contributed by atoms with Crippen molar-refractivity contribution in [3.05, 3.63) is 0 Å². The van der Waals surface area contributed by atoms with E-state index in [1.807, 2.05) is 0 Å². The van der Waals surface area contributed by atoms with Crippen LogP contribution in [-0.4, -0.2) is 37.1 Å². The lowest BCUT2D eigenvalue weighted by Crippen LogP contribution is -2.41. The lowest BCUT2D eigenvalue weighted by Gasteiger charge is -2.40. The molecular weight excluding hydrogens is 244 g/mol. The van der Waals surface area contributed by atoms with Gasteiger partial charge in [0.1, 0.15) is 0 Å². The molecule has 1 heterocycles. The number of fused-ring (bicyclic) bond motifs is 1. The molecule has 2 saturated carbocycles. The van der Waals surface area contributed by atoms with Gasteiger partial charge in [-0.3, -0.25) is 0 Å². The van der Waals surface area contributed by atoms with Crippen LogP contribution in [0.25, 0.3) is 0 Å². The Balaban J connectivity index is 1.35. The minimum absolute atomic E-state index is 0.817. The van der Waals surface area contributed by atoms with Crippen molar-refractivity contribution in [3.8, 4) is 0 Å². The highest BCUT2D eigenvalue weighted by molar-refractivity contribution is 4.86. The van der Waals surface area contributed by atoms with Gasteiger partial charge in [0.05, 0.1) is 0 Å². The molecule has 3 fully saturated rings. The molecular formula is C18H34N2. The monoisotopic (exact) mass is 278 g/mol. The lowest BCUT2D eigenvalue weighted by molar-refractivity contribution is 0.140. The summed E-state index contributed by atoms with van der Waals surface area (Å²) in [6.07, 6.45) is 13.3. The molecule has 0 spiro atoms. The number of rotatable bonds is 5. The van der Waals surface area contributed by atoms with Crippen molar-refractivity contribution in [2.75, 3.05) is 26.2 Å². The van der Waals surface area contributed by atoms with E-state index in [-0.39, 0.29) is 0 Å². The van der Waals surface area contributed by atoms with E-state index >= 15 is 0 Å². The average Bonchev–Trinajstić information content (AvgIpc) is 2.98. The standard InChI is InChI=1S/C18H34N2/c1-15(14-20-10-4-5-11-20)13-19-18-9-8-16-6-2-3-7-17(16)12-18/h15-19H,2-14H2,1H3. The second kappa shape index (κ2) is 7.26. The van der Waals surface area contributed by atoms with E-state index in [0.29, 0.717) is 0 Å². The average molecular weight is 278 g/mol. The largest absolute Gasteiger partial charge is 0.314 e. The molecule has 0 amide bonds. The highest BCUT2D eigenvalue weighted by atomic mass is 15.1. The normalized spacial score (nSPS) is 36.8. The van der Waals surface area contributed by atoms with Crippen molar-refractivity contribution in [1.29, 1.82) is 0 Å². The van der Waals surface area contributed by atoms with Crippen molar-refractivity contribution in [1.82, 2.24) is 10.2 Å². The molecule has 0 aromatic carbocycles. The van der Waals surface area contributed by atoms with E-state index in [4.69, 9.17) is 0 Å². The summed E-state index contributed by atoms with van der Waals surface area (Å²) in [7, 11) is 0. The first kappa shape index (κ1) is 14.8. The topological polar surface area (TPSA) is 15.3 Å². The molecule has 1 N–H and O–H groups in total. The summed E-state index contributed by atoms with van der Waals surface area (Å²) in [4.78, 5) is 2.66. The van der Waals surface area contributed by atoms with Gasteiger partial charge in [0.15, 0.2) is 0 Å². The summed E-state index contributed by atoms with van der Waals surface area (Å²) >= 11 is 0. The van der Waals surface area contributed by atoms with Gasteiger partial charge in [-0.2, -0.15) is 0 Å². The molecule has 0 bridgehead atoms. The van der Waals surface area contributed by atoms with Crippen LogP contribution in [0.4, 0.5) is 0 Å². The van der Waals surface area contributed by atoms with Gasteiger partial charge in [0, 0.05) is 12.6 Å². The molecule has 1 saturated heterocycles. The molecule has 1 aliphatic heterocycles.